The topological polar surface area (TPSA) is 17.1 Å². The standard InChI is InChI=1S/C14H19ClOS3/c1-4-17-14(18-5-2,19-6-3)13(16)11-9-7-8-10-12(11)15/h7-10H,4-6H2,1-3H3. The molecule has 0 amide bonds. The lowest BCUT2D eigenvalue weighted by atomic mass is 10.1. The highest BCUT2D eigenvalue weighted by atomic mass is 35.5. The molecule has 106 valence electrons. The van der Waals surface area contributed by atoms with Crippen LogP contribution in [0.3, 0.4) is 0 Å². The second kappa shape index (κ2) is 8.50. The zero-order chi connectivity index (χ0) is 14.3. The van der Waals surface area contributed by atoms with E-state index in [1.54, 1.807) is 41.4 Å². The van der Waals surface area contributed by atoms with Crippen LogP contribution >= 0.6 is 46.9 Å². The Bertz CT molecular complexity index is 406. The Balaban J connectivity index is 3.15. The van der Waals surface area contributed by atoms with Crippen LogP contribution in [-0.2, 0) is 0 Å². The third kappa shape index (κ3) is 4.35. The van der Waals surface area contributed by atoms with Crippen LogP contribution in [-0.4, -0.2) is 26.5 Å². The van der Waals surface area contributed by atoms with Crippen LogP contribution in [0.15, 0.2) is 24.3 Å². The lowest BCUT2D eigenvalue weighted by molar-refractivity contribution is 0.100. The fraction of sp³-hybridized carbons (Fsp3) is 0.500. The van der Waals surface area contributed by atoms with E-state index in [0.29, 0.717) is 10.6 Å². The quantitative estimate of drug-likeness (QED) is 0.465. The summed E-state index contributed by atoms with van der Waals surface area (Å²) in [5.41, 5.74) is 0.631. The van der Waals surface area contributed by atoms with Crippen molar-refractivity contribution in [3.63, 3.8) is 0 Å². The highest BCUT2D eigenvalue weighted by Crippen LogP contribution is 2.49. The zero-order valence-electron chi connectivity index (χ0n) is 11.4. The minimum absolute atomic E-state index is 0.128. The average molecular weight is 335 g/mol. The molecule has 0 aliphatic carbocycles. The SMILES string of the molecule is CCSC(SCC)(SCC)C(=O)c1ccccc1Cl. The summed E-state index contributed by atoms with van der Waals surface area (Å²) < 4.78 is -0.469. The number of carbonyl (C=O) groups is 1. The van der Waals surface area contributed by atoms with Gasteiger partial charge in [0.2, 0.25) is 5.78 Å². The number of Topliss-reactive ketones (excluding diaryl/α,β-unsaturated/α-hetero) is 1. The Morgan fingerprint density at radius 2 is 1.53 bits per heavy atom. The first kappa shape index (κ1) is 17.3. The van der Waals surface area contributed by atoms with Crippen LogP contribution in [0.5, 0.6) is 0 Å². The van der Waals surface area contributed by atoms with E-state index in [9.17, 15) is 4.79 Å². The molecule has 0 bridgehead atoms. The van der Waals surface area contributed by atoms with Gasteiger partial charge in [-0.1, -0.05) is 44.5 Å². The van der Waals surface area contributed by atoms with Crippen molar-refractivity contribution in [3.8, 4) is 0 Å². The van der Waals surface area contributed by atoms with Crippen LogP contribution in [0.2, 0.25) is 5.02 Å². The molecule has 1 nitrogen and oxygen atoms in total. The van der Waals surface area contributed by atoms with Crippen LogP contribution in [0.25, 0.3) is 0 Å². The van der Waals surface area contributed by atoms with Gasteiger partial charge in [-0.05, 0) is 29.4 Å². The summed E-state index contributed by atoms with van der Waals surface area (Å²) in [7, 11) is 0. The Kier molecular flexibility index (Phi) is 7.73. The van der Waals surface area contributed by atoms with Gasteiger partial charge in [0.15, 0.2) is 3.41 Å². The maximum Gasteiger partial charge on any atom is 0.200 e. The van der Waals surface area contributed by atoms with E-state index in [0.717, 1.165) is 17.3 Å². The molecule has 0 spiro atoms. The molecule has 0 aliphatic heterocycles. The van der Waals surface area contributed by atoms with Crippen molar-refractivity contribution >= 4 is 52.7 Å². The monoisotopic (exact) mass is 334 g/mol. The summed E-state index contributed by atoms with van der Waals surface area (Å²) in [6.07, 6.45) is 0. The smallest absolute Gasteiger partial charge is 0.200 e. The normalized spacial score (nSPS) is 11.6. The summed E-state index contributed by atoms with van der Waals surface area (Å²) in [6.45, 7) is 6.27. The molecular formula is C14H19ClOS3. The number of hydrogen-bond acceptors (Lipinski definition) is 4. The van der Waals surface area contributed by atoms with E-state index in [2.05, 4.69) is 20.8 Å². The molecule has 0 saturated carbocycles. The van der Waals surface area contributed by atoms with Gasteiger partial charge in [-0.15, -0.1) is 35.3 Å². The van der Waals surface area contributed by atoms with E-state index in [1.165, 1.54) is 0 Å². The molecule has 1 aromatic carbocycles. The van der Waals surface area contributed by atoms with Crippen molar-refractivity contribution < 1.29 is 4.79 Å². The summed E-state index contributed by atoms with van der Waals surface area (Å²) in [5, 5.41) is 0.544. The molecule has 0 aromatic heterocycles. The van der Waals surface area contributed by atoms with E-state index in [1.807, 2.05) is 18.2 Å². The Hall–Kier alpha value is 0.230. The predicted octanol–water partition coefficient (Wildman–Crippen LogP) is 5.44. The Morgan fingerprint density at radius 1 is 1.05 bits per heavy atom. The largest absolute Gasteiger partial charge is 0.291 e. The second-order valence-corrected chi connectivity index (χ2v) is 9.28. The van der Waals surface area contributed by atoms with E-state index in [-0.39, 0.29) is 5.78 Å². The highest BCUT2D eigenvalue weighted by molar-refractivity contribution is 8.35. The fourth-order valence-corrected chi connectivity index (χ4v) is 6.91. The van der Waals surface area contributed by atoms with Crippen molar-refractivity contribution in [2.75, 3.05) is 17.3 Å². The lowest BCUT2D eigenvalue weighted by Gasteiger charge is -2.30. The van der Waals surface area contributed by atoms with E-state index < -0.39 is 3.41 Å². The molecule has 0 unspecified atom stereocenters. The van der Waals surface area contributed by atoms with Gasteiger partial charge in [0.25, 0.3) is 0 Å². The Morgan fingerprint density at radius 3 is 1.95 bits per heavy atom. The summed E-state index contributed by atoms with van der Waals surface area (Å²) in [5.74, 6) is 2.87. The number of carbonyl (C=O) groups excluding carboxylic acids is 1. The maximum atomic E-state index is 12.9. The molecule has 0 heterocycles. The minimum Gasteiger partial charge on any atom is -0.291 e. The fourth-order valence-electron chi connectivity index (χ4n) is 1.70. The molecule has 1 rings (SSSR count). The van der Waals surface area contributed by atoms with Gasteiger partial charge in [-0.3, -0.25) is 4.79 Å². The van der Waals surface area contributed by atoms with Gasteiger partial charge >= 0.3 is 0 Å². The van der Waals surface area contributed by atoms with Crippen LogP contribution in [0.1, 0.15) is 31.1 Å². The molecule has 5 heteroatoms. The van der Waals surface area contributed by atoms with Crippen molar-refractivity contribution in [2.24, 2.45) is 0 Å². The summed E-state index contributed by atoms with van der Waals surface area (Å²) in [6, 6.07) is 7.33. The number of thioether (sulfide) groups is 3. The van der Waals surface area contributed by atoms with Crippen molar-refractivity contribution in [3.05, 3.63) is 34.9 Å². The summed E-state index contributed by atoms with van der Waals surface area (Å²) >= 11 is 11.3. The number of halogens is 1. The van der Waals surface area contributed by atoms with Gasteiger partial charge in [-0.2, -0.15) is 0 Å². The van der Waals surface area contributed by atoms with Gasteiger partial charge < -0.3 is 0 Å². The lowest BCUT2D eigenvalue weighted by Crippen LogP contribution is -2.29. The van der Waals surface area contributed by atoms with Crippen LogP contribution < -0.4 is 0 Å². The van der Waals surface area contributed by atoms with E-state index >= 15 is 0 Å². The number of rotatable bonds is 8. The third-order valence-electron chi connectivity index (χ3n) is 2.40. The average Bonchev–Trinajstić information content (AvgIpc) is 2.39. The molecular weight excluding hydrogens is 316 g/mol. The predicted molar refractivity (Wildman–Crippen MR) is 92.9 cm³/mol. The Labute approximate surface area is 133 Å². The van der Waals surface area contributed by atoms with Gasteiger partial charge in [0.1, 0.15) is 0 Å². The van der Waals surface area contributed by atoms with Gasteiger partial charge in [-0.25, -0.2) is 0 Å². The molecule has 0 fully saturated rings. The molecule has 1 aromatic rings. The van der Waals surface area contributed by atoms with Crippen molar-refractivity contribution in [1.82, 2.24) is 0 Å². The van der Waals surface area contributed by atoms with E-state index in [4.69, 9.17) is 11.6 Å². The first-order chi connectivity index (χ1) is 9.11. The summed E-state index contributed by atoms with van der Waals surface area (Å²) in [4.78, 5) is 12.9. The number of ketones is 1. The van der Waals surface area contributed by atoms with Gasteiger partial charge in [0, 0.05) is 5.56 Å². The number of benzene rings is 1. The third-order valence-corrected chi connectivity index (χ3v) is 7.41. The van der Waals surface area contributed by atoms with Crippen molar-refractivity contribution in [1.29, 1.82) is 0 Å². The van der Waals surface area contributed by atoms with Crippen LogP contribution in [0.4, 0.5) is 0 Å². The minimum atomic E-state index is -0.469. The maximum absolute atomic E-state index is 12.9. The van der Waals surface area contributed by atoms with Gasteiger partial charge in [0.05, 0.1) is 5.02 Å². The van der Waals surface area contributed by atoms with Crippen LogP contribution in [0, 0.1) is 0 Å². The molecule has 0 saturated heterocycles. The molecule has 0 radical (unpaired) electrons. The molecule has 0 atom stereocenters. The molecule has 0 aliphatic rings. The van der Waals surface area contributed by atoms with Crippen molar-refractivity contribution in [2.45, 2.75) is 24.2 Å². The molecule has 19 heavy (non-hydrogen) atoms. The zero-order valence-corrected chi connectivity index (χ0v) is 14.6. The first-order valence-electron chi connectivity index (χ1n) is 6.32. The number of hydrogen-bond donors (Lipinski definition) is 0. The highest BCUT2D eigenvalue weighted by Gasteiger charge is 2.40. The molecule has 0 N–H and O–H groups in total. The second-order valence-electron chi connectivity index (χ2n) is 3.66. The first-order valence-corrected chi connectivity index (χ1v) is 9.65.